The Kier molecular flexibility index (Phi) is 12.1. The molecule has 2 N–H and O–H groups in total. The van der Waals surface area contributed by atoms with Gasteiger partial charge in [-0.05, 0) is 37.8 Å². The van der Waals surface area contributed by atoms with E-state index in [1.807, 2.05) is 55.5 Å². The number of fused-ring (bicyclic) bond motifs is 2. The Labute approximate surface area is 302 Å². The lowest BCUT2D eigenvalue weighted by Crippen LogP contribution is -2.57. The van der Waals surface area contributed by atoms with Crippen LogP contribution in [0.2, 0.25) is 0 Å². The van der Waals surface area contributed by atoms with Crippen molar-refractivity contribution in [3.63, 3.8) is 0 Å². The molecule has 0 radical (unpaired) electrons. The number of carbonyl (C=O) groups is 4. The molecule has 5 bridgehead atoms. The molecule has 3 saturated heterocycles. The van der Waals surface area contributed by atoms with Crippen LogP contribution >= 0.6 is 15.9 Å². The van der Waals surface area contributed by atoms with Gasteiger partial charge in [0.25, 0.3) is 0 Å². The van der Waals surface area contributed by atoms with Gasteiger partial charge in [0.1, 0.15) is 29.8 Å². The number of hydrogen-bond acceptors (Lipinski definition) is 9. The van der Waals surface area contributed by atoms with Gasteiger partial charge in [-0.2, -0.15) is 0 Å². The molecule has 5 aliphatic rings. The number of cyclic esters (lactones) is 1. The number of hydrogen-bond donors (Lipinski definition) is 2. The Morgan fingerprint density at radius 2 is 1.70 bits per heavy atom. The molecule has 5 heterocycles. The standard InChI is InChI=1S/C37H49BrN4O8/c1-25-31(26-12-6-4-7-13-26)49-36(47)29-30-34(45)42(16-10-2-3-11-21-43)33(37(30)24-27(38)32(29)50-37)35(46)41(15-9-5-8-14-28(44)39-25)18-17-40-19-22-48-23-20-40/h4-7,9,12-13,24-25,29-33,43H,2-3,8,10-11,14-23H2,1H3,(H,39,44)/b9-5-/t25-,29+,30-,31+,32+,33+,37-/m1/s1. The molecule has 272 valence electrons. The number of unbranched alkanes of at least 4 members (excludes halogenated alkanes) is 3. The highest BCUT2D eigenvalue weighted by atomic mass is 79.9. The number of nitrogens with zero attached hydrogens (tertiary/aromatic N) is 3. The van der Waals surface area contributed by atoms with Crippen LogP contribution in [0.25, 0.3) is 0 Å². The van der Waals surface area contributed by atoms with Crippen LogP contribution in [0.5, 0.6) is 0 Å². The molecule has 0 saturated carbocycles. The fourth-order valence-corrected chi connectivity index (χ4v) is 8.78. The highest BCUT2D eigenvalue weighted by Crippen LogP contribution is 2.59. The molecule has 6 rings (SSSR count). The number of aliphatic hydroxyl groups excluding tert-OH is 1. The van der Waals surface area contributed by atoms with Gasteiger partial charge in [-0.15, -0.1) is 0 Å². The molecule has 1 aromatic carbocycles. The maximum atomic E-state index is 14.9. The van der Waals surface area contributed by atoms with Crippen molar-refractivity contribution in [2.45, 2.75) is 75.3 Å². The molecule has 50 heavy (non-hydrogen) atoms. The number of nitrogens with one attached hydrogen (secondary N) is 1. The second kappa shape index (κ2) is 16.5. The molecule has 0 unspecified atom stereocenters. The number of ether oxygens (including phenoxy) is 3. The molecule has 0 aromatic heterocycles. The number of benzene rings is 1. The maximum Gasteiger partial charge on any atom is 0.313 e. The van der Waals surface area contributed by atoms with Crippen molar-refractivity contribution in [3.8, 4) is 0 Å². The average Bonchev–Trinajstić information content (AvgIpc) is 3.71. The number of rotatable bonds is 10. The van der Waals surface area contributed by atoms with E-state index in [4.69, 9.17) is 14.2 Å². The van der Waals surface area contributed by atoms with E-state index in [1.54, 1.807) is 9.80 Å². The van der Waals surface area contributed by atoms with Gasteiger partial charge >= 0.3 is 5.97 Å². The number of morpholine rings is 1. The lowest BCUT2D eigenvalue weighted by Gasteiger charge is -2.37. The van der Waals surface area contributed by atoms with Crippen molar-refractivity contribution in [1.82, 2.24) is 20.0 Å². The first-order chi connectivity index (χ1) is 24.2. The smallest absolute Gasteiger partial charge is 0.313 e. The minimum absolute atomic E-state index is 0.102. The van der Waals surface area contributed by atoms with Gasteiger partial charge in [-0.1, -0.05) is 71.3 Å². The Morgan fingerprint density at radius 1 is 0.940 bits per heavy atom. The summed E-state index contributed by atoms with van der Waals surface area (Å²) in [4.78, 5) is 62.6. The number of likely N-dealkylation sites (tertiary alicyclic amines) is 1. The third-order valence-electron chi connectivity index (χ3n) is 10.6. The fraction of sp³-hybridized carbons (Fsp3) is 0.622. The van der Waals surface area contributed by atoms with Crippen molar-refractivity contribution in [2.75, 3.05) is 59.1 Å². The Morgan fingerprint density at radius 3 is 2.46 bits per heavy atom. The summed E-state index contributed by atoms with van der Waals surface area (Å²) in [6.07, 6.45) is 7.65. The third-order valence-corrected chi connectivity index (χ3v) is 11.3. The lowest BCUT2D eigenvalue weighted by atomic mass is 9.74. The first kappa shape index (κ1) is 36.7. The van der Waals surface area contributed by atoms with Crippen molar-refractivity contribution >= 4 is 39.6 Å². The summed E-state index contributed by atoms with van der Waals surface area (Å²) in [5.74, 6) is -3.28. The molecule has 0 aliphatic carbocycles. The number of aliphatic hydroxyl groups is 1. The zero-order chi connectivity index (χ0) is 35.3. The van der Waals surface area contributed by atoms with Crippen LogP contribution in [0, 0.1) is 11.8 Å². The van der Waals surface area contributed by atoms with E-state index >= 15 is 0 Å². The summed E-state index contributed by atoms with van der Waals surface area (Å²) < 4.78 is 19.1. The lowest BCUT2D eigenvalue weighted by molar-refractivity contribution is -0.161. The molecule has 1 spiro atoms. The largest absolute Gasteiger partial charge is 0.455 e. The van der Waals surface area contributed by atoms with Gasteiger partial charge in [0.2, 0.25) is 17.7 Å². The summed E-state index contributed by atoms with van der Waals surface area (Å²) in [6.45, 7) is 6.41. The quantitative estimate of drug-likeness (QED) is 0.210. The molecule has 13 heteroatoms. The van der Waals surface area contributed by atoms with E-state index in [2.05, 4.69) is 26.1 Å². The normalized spacial score (nSPS) is 32.9. The highest BCUT2D eigenvalue weighted by molar-refractivity contribution is 9.11. The second-order valence-electron chi connectivity index (χ2n) is 13.9. The minimum atomic E-state index is -1.36. The number of amides is 3. The highest BCUT2D eigenvalue weighted by Gasteiger charge is 2.75. The van der Waals surface area contributed by atoms with Gasteiger partial charge in [0, 0.05) is 56.8 Å². The van der Waals surface area contributed by atoms with Gasteiger partial charge in [0.05, 0.1) is 25.2 Å². The average molecular weight is 758 g/mol. The van der Waals surface area contributed by atoms with Gasteiger partial charge in [-0.25, -0.2) is 0 Å². The second-order valence-corrected chi connectivity index (χ2v) is 14.8. The Hall–Kier alpha value is -3.10. The minimum Gasteiger partial charge on any atom is -0.455 e. The summed E-state index contributed by atoms with van der Waals surface area (Å²) in [5.41, 5.74) is -0.644. The molecular formula is C37H49BrN4O8. The van der Waals surface area contributed by atoms with Gasteiger partial charge in [-0.3, -0.25) is 24.1 Å². The van der Waals surface area contributed by atoms with Crippen LogP contribution in [-0.2, 0) is 33.4 Å². The number of halogens is 1. The van der Waals surface area contributed by atoms with Crippen molar-refractivity contribution in [1.29, 1.82) is 0 Å². The van der Waals surface area contributed by atoms with Crippen LogP contribution in [0.1, 0.15) is 57.1 Å². The Balaban J connectivity index is 1.37. The number of allylic oxidation sites excluding steroid dienone is 1. The molecule has 3 fully saturated rings. The maximum absolute atomic E-state index is 14.9. The summed E-state index contributed by atoms with van der Waals surface area (Å²) in [6, 6.07) is 7.72. The molecular weight excluding hydrogens is 708 g/mol. The van der Waals surface area contributed by atoms with Crippen LogP contribution < -0.4 is 5.32 Å². The van der Waals surface area contributed by atoms with Crippen molar-refractivity contribution < 1.29 is 38.5 Å². The molecule has 7 atom stereocenters. The van der Waals surface area contributed by atoms with Crippen LogP contribution in [0.15, 0.2) is 53.0 Å². The number of esters is 1. The van der Waals surface area contributed by atoms with E-state index < -0.39 is 47.7 Å². The third kappa shape index (κ3) is 7.57. The topological polar surface area (TPSA) is 138 Å². The van der Waals surface area contributed by atoms with Crippen LogP contribution in [0.4, 0.5) is 0 Å². The van der Waals surface area contributed by atoms with Crippen molar-refractivity contribution in [3.05, 3.63) is 58.6 Å². The van der Waals surface area contributed by atoms with Gasteiger partial charge in [0.15, 0.2) is 0 Å². The fourth-order valence-electron chi connectivity index (χ4n) is 8.05. The molecule has 12 nitrogen and oxygen atoms in total. The van der Waals surface area contributed by atoms with E-state index in [9.17, 15) is 24.3 Å². The summed E-state index contributed by atoms with van der Waals surface area (Å²) in [7, 11) is 0. The zero-order valence-electron chi connectivity index (χ0n) is 28.7. The predicted octanol–water partition coefficient (Wildman–Crippen LogP) is 2.71. The SMILES string of the molecule is C[C@H]1NC(=O)CC/C=C\CN(CCN2CCOCC2)C(=O)[C@@H]2N(CCCCCCO)C(=O)[C@H]3[C@H](C(=O)O[C@@H]1c1ccccc1)[C@H]1O[C@@]23C=C1Br. The van der Waals surface area contributed by atoms with E-state index in [-0.39, 0.29) is 30.7 Å². The number of carbonyl (C=O) groups excluding carboxylic acids is 4. The monoisotopic (exact) mass is 756 g/mol. The summed E-state index contributed by atoms with van der Waals surface area (Å²) in [5, 5.41) is 12.3. The summed E-state index contributed by atoms with van der Waals surface area (Å²) >= 11 is 3.64. The zero-order valence-corrected chi connectivity index (χ0v) is 30.3. The molecule has 1 aromatic rings. The predicted molar refractivity (Wildman–Crippen MR) is 188 cm³/mol. The Bertz CT molecular complexity index is 1450. The molecule has 5 aliphatic heterocycles. The first-order valence-corrected chi connectivity index (χ1v) is 18.8. The van der Waals surface area contributed by atoms with Crippen molar-refractivity contribution in [2.24, 2.45) is 11.8 Å². The van der Waals surface area contributed by atoms with Crippen LogP contribution in [0.3, 0.4) is 0 Å². The van der Waals surface area contributed by atoms with E-state index in [1.165, 1.54) is 0 Å². The van der Waals surface area contributed by atoms with E-state index in [0.717, 1.165) is 25.9 Å². The first-order valence-electron chi connectivity index (χ1n) is 18.0. The molecule has 3 amide bonds. The van der Waals surface area contributed by atoms with Crippen LogP contribution in [-0.4, -0.2) is 126 Å². The van der Waals surface area contributed by atoms with E-state index in [0.29, 0.717) is 68.7 Å². The van der Waals surface area contributed by atoms with Gasteiger partial charge < -0.3 is 34.4 Å².